The molecule has 4 atom stereocenters. The van der Waals surface area contributed by atoms with Gasteiger partial charge in [0.1, 0.15) is 5.69 Å². The standard InChI is InChI=1S/C17H16F3N3O2S/c1-8-13(22-25-14(8)17(18,19)20)11-2-3-12(26-11)15(24)21-16-7-23-5-4-9(16)10(16)6-23/h2-3,9-10H,4-7H2,1H3,(H,21,24)/t9?,10?,16-/m0/s1. The summed E-state index contributed by atoms with van der Waals surface area (Å²) in [6.45, 7) is 4.39. The Hall–Kier alpha value is -1.87. The van der Waals surface area contributed by atoms with E-state index in [1.54, 1.807) is 12.1 Å². The number of aromatic nitrogens is 1. The number of rotatable bonds is 3. The molecule has 138 valence electrons. The lowest BCUT2D eigenvalue weighted by Crippen LogP contribution is -2.47. The molecule has 26 heavy (non-hydrogen) atoms. The Balaban J connectivity index is 1.36. The quantitative estimate of drug-likeness (QED) is 0.885. The molecular weight excluding hydrogens is 367 g/mol. The van der Waals surface area contributed by atoms with Crippen molar-refractivity contribution in [2.45, 2.75) is 25.1 Å². The molecule has 1 aliphatic carbocycles. The van der Waals surface area contributed by atoms with Crippen LogP contribution in [0.15, 0.2) is 16.7 Å². The van der Waals surface area contributed by atoms with Crippen molar-refractivity contribution in [1.29, 1.82) is 0 Å². The van der Waals surface area contributed by atoms with Gasteiger partial charge < -0.3 is 14.7 Å². The molecule has 1 amide bonds. The summed E-state index contributed by atoms with van der Waals surface area (Å²) >= 11 is 1.14. The largest absolute Gasteiger partial charge is 0.452 e. The highest BCUT2D eigenvalue weighted by atomic mass is 32.1. The number of alkyl halides is 3. The van der Waals surface area contributed by atoms with Crippen LogP contribution in [0, 0.1) is 18.8 Å². The predicted octanol–water partition coefficient (Wildman–Crippen LogP) is 3.16. The van der Waals surface area contributed by atoms with Crippen molar-refractivity contribution in [3.63, 3.8) is 0 Å². The first-order chi connectivity index (χ1) is 12.3. The van der Waals surface area contributed by atoms with Crippen molar-refractivity contribution >= 4 is 17.2 Å². The first-order valence-corrected chi connectivity index (χ1v) is 9.30. The molecule has 3 saturated heterocycles. The van der Waals surface area contributed by atoms with Gasteiger partial charge in [-0.3, -0.25) is 4.79 Å². The van der Waals surface area contributed by atoms with Gasteiger partial charge in [0.2, 0.25) is 5.76 Å². The SMILES string of the molecule is Cc1c(-c2ccc(C(=O)N[C@@]34CN5CCC3C4C5)s2)noc1C(F)(F)F. The minimum Gasteiger partial charge on any atom is -0.351 e. The van der Waals surface area contributed by atoms with E-state index in [1.165, 1.54) is 6.92 Å². The number of hydrogen-bond donors (Lipinski definition) is 1. The molecule has 2 aromatic heterocycles. The number of fused-ring (bicyclic) bond motifs is 1. The normalized spacial score (nSPS) is 31.9. The van der Waals surface area contributed by atoms with Crippen molar-refractivity contribution in [1.82, 2.24) is 15.4 Å². The number of amides is 1. The van der Waals surface area contributed by atoms with Gasteiger partial charge >= 0.3 is 6.18 Å². The lowest BCUT2D eigenvalue weighted by molar-refractivity contribution is -0.156. The third kappa shape index (κ3) is 2.19. The van der Waals surface area contributed by atoms with Crippen LogP contribution >= 0.6 is 11.3 Å². The average Bonchev–Trinajstić information content (AvgIpc) is 3.02. The number of hydrogen-bond acceptors (Lipinski definition) is 5. The fraction of sp³-hybridized carbons (Fsp3) is 0.529. The highest BCUT2D eigenvalue weighted by Crippen LogP contribution is 2.60. The monoisotopic (exact) mass is 383 g/mol. The Labute approximate surface area is 151 Å². The second-order valence-electron chi connectivity index (χ2n) is 7.38. The number of thiophene rings is 1. The second kappa shape index (κ2) is 5.10. The number of nitrogens with zero attached hydrogens (tertiary/aromatic N) is 2. The molecule has 2 aromatic rings. The van der Waals surface area contributed by atoms with Gasteiger partial charge in [-0.15, -0.1) is 11.3 Å². The predicted molar refractivity (Wildman–Crippen MR) is 87.8 cm³/mol. The van der Waals surface area contributed by atoms with Crippen LogP contribution in [-0.4, -0.2) is 41.1 Å². The molecule has 1 N–H and O–H groups in total. The average molecular weight is 383 g/mol. The molecule has 6 rings (SSSR count). The van der Waals surface area contributed by atoms with E-state index in [1.807, 2.05) is 0 Å². The molecule has 3 aliphatic heterocycles. The van der Waals surface area contributed by atoms with Gasteiger partial charge in [-0.2, -0.15) is 13.2 Å². The molecule has 4 bridgehead atoms. The molecule has 4 aliphatic rings. The minimum absolute atomic E-state index is 0.0620. The maximum absolute atomic E-state index is 12.9. The summed E-state index contributed by atoms with van der Waals surface area (Å²) in [6, 6.07) is 3.26. The Bertz CT molecular complexity index is 899. The lowest BCUT2D eigenvalue weighted by Gasteiger charge is -2.29. The fourth-order valence-corrected chi connectivity index (χ4v) is 5.65. The van der Waals surface area contributed by atoms with E-state index in [0.717, 1.165) is 37.4 Å². The van der Waals surface area contributed by atoms with E-state index < -0.39 is 11.9 Å². The highest BCUT2D eigenvalue weighted by molar-refractivity contribution is 7.17. The summed E-state index contributed by atoms with van der Waals surface area (Å²) in [5.41, 5.74) is -0.0184. The van der Waals surface area contributed by atoms with Crippen LogP contribution in [0.3, 0.4) is 0 Å². The van der Waals surface area contributed by atoms with Crippen LogP contribution in [0.1, 0.15) is 27.4 Å². The van der Waals surface area contributed by atoms with E-state index in [9.17, 15) is 18.0 Å². The molecule has 0 aromatic carbocycles. The van der Waals surface area contributed by atoms with Gasteiger partial charge in [0.05, 0.1) is 15.3 Å². The summed E-state index contributed by atoms with van der Waals surface area (Å²) in [4.78, 5) is 16.0. The third-order valence-electron chi connectivity index (χ3n) is 5.99. The summed E-state index contributed by atoms with van der Waals surface area (Å²) in [6.07, 6.45) is -3.46. The zero-order valence-electron chi connectivity index (χ0n) is 13.9. The maximum atomic E-state index is 12.9. The van der Waals surface area contributed by atoms with E-state index >= 15 is 0 Å². The summed E-state index contributed by atoms with van der Waals surface area (Å²) in [5, 5.41) is 6.75. The van der Waals surface area contributed by atoms with Crippen LogP contribution in [0.5, 0.6) is 0 Å². The van der Waals surface area contributed by atoms with Crippen molar-refractivity contribution in [3.8, 4) is 10.6 Å². The number of halogens is 3. The van der Waals surface area contributed by atoms with Crippen LogP contribution in [0.2, 0.25) is 0 Å². The first kappa shape index (κ1) is 16.3. The molecule has 1 saturated carbocycles. The Kier molecular flexibility index (Phi) is 3.20. The zero-order chi connectivity index (χ0) is 18.3. The summed E-state index contributed by atoms with van der Waals surface area (Å²) < 4.78 is 43.1. The van der Waals surface area contributed by atoms with Crippen molar-refractivity contribution in [2.75, 3.05) is 19.6 Å². The molecule has 0 spiro atoms. The number of carbonyl (C=O) groups is 1. The van der Waals surface area contributed by atoms with Crippen LogP contribution in [0.4, 0.5) is 13.2 Å². The van der Waals surface area contributed by atoms with E-state index in [2.05, 4.69) is 19.9 Å². The smallest absolute Gasteiger partial charge is 0.351 e. The molecule has 4 fully saturated rings. The van der Waals surface area contributed by atoms with Crippen LogP contribution in [0.25, 0.3) is 10.6 Å². The third-order valence-corrected chi connectivity index (χ3v) is 7.08. The van der Waals surface area contributed by atoms with Gasteiger partial charge in [-0.1, -0.05) is 5.16 Å². The maximum Gasteiger partial charge on any atom is 0.452 e. The molecule has 5 nitrogen and oxygen atoms in total. The summed E-state index contributed by atoms with van der Waals surface area (Å²) in [5.74, 6) is -0.132. The van der Waals surface area contributed by atoms with Crippen molar-refractivity contribution in [3.05, 3.63) is 28.3 Å². The molecular formula is C17H16F3N3O2S. The van der Waals surface area contributed by atoms with E-state index in [4.69, 9.17) is 0 Å². The molecule has 9 heteroatoms. The van der Waals surface area contributed by atoms with Crippen molar-refractivity contribution in [2.24, 2.45) is 11.8 Å². The summed E-state index contributed by atoms with van der Waals surface area (Å²) in [7, 11) is 0. The minimum atomic E-state index is -4.58. The zero-order valence-corrected chi connectivity index (χ0v) is 14.7. The first-order valence-electron chi connectivity index (χ1n) is 8.48. The number of carbonyl (C=O) groups excluding carboxylic acids is 1. The fourth-order valence-electron chi connectivity index (χ4n) is 4.71. The molecule has 0 radical (unpaired) electrons. The number of nitrogens with one attached hydrogen (secondary N) is 1. The van der Waals surface area contributed by atoms with Gasteiger partial charge in [-0.25, -0.2) is 0 Å². The van der Waals surface area contributed by atoms with Crippen LogP contribution < -0.4 is 5.32 Å². The van der Waals surface area contributed by atoms with Gasteiger partial charge in [0.25, 0.3) is 5.91 Å². The van der Waals surface area contributed by atoms with Gasteiger partial charge in [0.15, 0.2) is 0 Å². The molecule has 3 unspecified atom stereocenters. The lowest BCUT2D eigenvalue weighted by atomic mass is 10.1. The van der Waals surface area contributed by atoms with Gasteiger partial charge in [0, 0.05) is 24.6 Å². The Morgan fingerprint density at radius 3 is 2.81 bits per heavy atom. The van der Waals surface area contributed by atoms with Crippen LogP contribution in [-0.2, 0) is 6.18 Å². The second-order valence-corrected chi connectivity index (χ2v) is 8.46. The Morgan fingerprint density at radius 2 is 2.23 bits per heavy atom. The topological polar surface area (TPSA) is 58.4 Å². The highest BCUT2D eigenvalue weighted by Gasteiger charge is 2.71. The van der Waals surface area contributed by atoms with E-state index in [-0.39, 0.29) is 22.7 Å². The van der Waals surface area contributed by atoms with Gasteiger partial charge in [-0.05, 0) is 37.9 Å². The van der Waals surface area contributed by atoms with E-state index in [0.29, 0.717) is 21.6 Å². The van der Waals surface area contributed by atoms with Crippen molar-refractivity contribution < 1.29 is 22.5 Å². The number of piperidine rings is 3. The molecule has 5 heterocycles. The Morgan fingerprint density at radius 1 is 1.42 bits per heavy atom.